The maximum Gasteiger partial charge on any atom is 0.314 e. The molecule has 0 atom stereocenters. The lowest BCUT2D eigenvalue weighted by Gasteiger charge is -1.98. The maximum absolute atomic E-state index is 10.7. The molecule has 0 aromatic carbocycles. The van der Waals surface area contributed by atoms with Crippen LogP contribution in [0.4, 0.5) is 5.82 Å². The maximum atomic E-state index is 10.7. The van der Waals surface area contributed by atoms with E-state index in [1.54, 1.807) is 0 Å². The number of hydrogen-bond acceptors (Lipinski definition) is 4. The fourth-order valence-corrected chi connectivity index (χ4v) is 0.661. The van der Waals surface area contributed by atoms with Gasteiger partial charge >= 0.3 is 11.8 Å². The number of hydrogen-bond donors (Lipinski definition) is 2. The smallest absolute Gasteiger partial charge is 0.314 e. The van der Waals surface area contributed by atoms with Gasteiger partial charge in [-0.2, -0.15) is 0 Å². The number of aromatic nitrogens is 2. The van der Waals surface area contributed by atoms with Crippen molar-refractivity contribution < 1.29 is 9.59 Å². The van der Waals surface area contributed by atoms with E-state index in [2.05, 4.69) is 21.2 Å². The van der Waals surface area contributed by atoms with Crippen molar-refractivity contribution in [3.05, 3.63) is 17.3 Å². The highest BCUT2D eigenvalue weighted by Crippen LogP contribution is 2.05. The Labute approximate surface area is 78.1 Å². The summed E-state index contributed by atoms with van der Waals surface area (Å²) in [5.74, 6) is -1.92. The monoisotopic (exact) mass is 200 g/mol. The van der Waals surface area contributed by atoms with Gasteiger partial charge in [0.05, 0.1) is 0 Å². The molecule has 0 aliphatic heterocycles. The number of carbonyl (C=O) groups excluding carboxylic acids is 2. The average Bonchev–Trinajstić information content (AvgIpc) is 2.08. The van der Waals surface area contributed by atoms with Crippen LogP contribution in [0.15, 0.2) is 12.1 Å². The van der Waals surface area contributed by atoms with Gasteiger partial charge in [-0.15, -0.1) is 10.2 Å². The number of nitrogens with one attached hydrogen (secondary N) is 1. The first-order valence-corrected chi connectivity index (χ1v) is 3.57. The Bertz CT molecular complexity index is 337. The predicted molar refractivity (Wildman–Crippen MR) is 44.9 cm³/mol. The predicted octanol–water partition coefficient (Wildman–Crippen LogP) is -0.446. The van der Waals surface area contributed by atoms with Crippen molar-refractivity contribution in [2.45, 2.75) is 0 Å². The molecule has 0 aliphatic rings. The molecule has 2 amide bonds. The second-order valence-electron chi connectivity index (χ2n) is 2.06. The Hall–Kier alpha value is -1.69. The van der Waals surface area contributed by atoms with Crippen molar-refractivity contribution in [2.75, 3.05) is 5.32 Å². The molecule has 1 heterocycles. The van der Waals surface area contributed by atoms with Crippen LogP contribution in [-0.4, -0.2) is 22.0 Å². The van der Waals surface area contributed by atoms with Crippen molar-refractivity contribution in [1.82, 2.24) is 10.2 Å². The van der Waals surface area contributed by atoms with Gasteiger partial charge in [-0.25, -0.2) is 0 Å². The van der Waals surface area contributed by atoms with Gasteiger partial charge in [0.25, 0.3) is 0 Å². The zero-order chi connectivity index (χ0) is 9.84. The molecule has 6 nitrogen and oxygen atoms in total. The molecule has 1 aromatic rings. The highest BCUT2D eigenvalue weighted by atomic mass is 35.5. The number of anilines is 1. The standard InChI is InChI=1S/C6H5ClN4O2/c7-3-1-2-4(11-10-3)9-6(13)5(8)12/h1-2H,(H2,8,12)(H,9,11,13). The molecular weight excluding hydrogens is 196 g/mol. The number of rotatable bonds is 1. The number of amides is 2. The molecule has 3 N–H and O–H groups in total. The van der Waals surface area contributed by atoms with E-state index in [1.165, 1.54) is 12.1 Å². The summed E-state index contributed by atoms with van der Waals surface area (Å²) in [6.45, 7) is 0. The van der Waals surface area contributed by atoms with Gasteiger partial charge in [0.1, 0.15) is 0 Å². The van der Waals surface area contributed by atoms with E-state index in [4.69, 9.17) is 11.6 Å². The minimum absolute atomic E-state index is 0.119. The van der Waals surface area contributed by atoms with Gasteiger partial charge in [-0.3, -0.25) is 9.59 Å². The van der Waals surface area contributed by atoms with Gasteiger partial charge in [-0.1, -0.05) is 11.6 Å². The highest BCUT2D eigenvalue weighted by molar-refractivity contribution is 6.39. The molecule has 0 unspecified atom stereocenters. The van der Waals surface area contributed by atoms with Crippen LogP contribution < -0.4 is 11.1 Å². The quantitative estimate of drug-likeness (QED) is 0.600. The molecule has 1 aromatic heterocycles. The Morgan fingerprint density at radius 2 is 2.08 bits per heavy atom. The zero-order valence-corrected chi connectivity index (χ0v) is 7.08. The Balaban J connectivity index is 2.70. The second kappa shape index (κ2) is 3.81. The van der Waals surface area contributed by atoms with Crippen molar-refractivity contribution in [3.63, 3.8) is 0 Å². The molecule has 0 saturated heterocycles. The molecule has 1 rings (SSSR count). The van der Waals surface area contributed by atoms with Crippen molar-refractivity contribution in [3.8, 4) is 0 Å². The molecule has 0 saturated carbocycles. The average molecular weight is 201 g/mol. The van der Waals surface area contributed by atoms with Crippen molar-refractivity contribution in [1.29, 1.82) is 0 Å². The summed E-state index contributed by atoms with van der Waals surface area (Å²) in [6.07, 6.45) is 0. The number of nitrogens with zero attached hydrogens (tertiary/aromatic N) is 2. The van der Waals surface area contributed by atoms with E-state index >= 15 is 0 Å². The Kier molecular flexibility index (Phi) is 2.76. The molecule has 0 bridgehead atoms. The molecular formula is C6H5ClN4O2. The summed E-state index contributed by atoms with van der Waals surface area (Å²) < 4.78 is 0. The normalized spacial score (nSPS) is 9.31. The summed E-state index contributed by atoms with van der Waals surface area (Å²) >= 11 is 5.43. The molecule has 68 valence electrons. The van der Waals surface area contributed by atoms with E-state index in [0.29, 0.717) is 0 Å². The fraction of sp³-hybridized carbons (Fsp3) is 0. The first-order chi connectivity index (χ1) is 6.09. The summed E-state index contributed by atoms with van der Waals surface area (Å²) in [7, 11) is 0. The lowest BCUT2D eigenvalue weighted by molar-refractivity contribution is -0.134. The van der Waals surface area contributed by atoms with Crippen LogP contribution in [0.1, 0.15) is 0 Å². The SMILES string of the molecule is NC(=O)C(=O)Nc1ccc(Cl)nn1. The minimum atomic E-state index is -1.09. The second-order valence-corrected chi connectivity index (χ2v) is 2.45. The summed E-state index contributed by atoms with van der Waals surface area (Å²) in [6, 6.07) is 2.82. The van der Waals surface area contributed by atoms with Gasteiger partial charge in [0.2, 0.25) is 0 Å². The molecule has 0 aliphatic carbocycles. The summed E-state index contributed by atoms with van der Waals surface area (Å²) in [5.41, 5.74) is 4.69. The van der Waals surface area contributed by atoms with Crippen LogP contribution in [0.3, 0.4) is 0 Å². The molecule has 0 radical (unpaired) electrons. The first kappa shape index (κ1) is 9.40. The Morgan fingerprint density at radius 1 is 1.38 bits per heavy atom. The summed E-state index contributed by atoms with van der Waals surface area (Å²) in [4.78, 5) is 21.0. The third-order valence-corrected chi connectivity index (χ3v) is 1.30. The van der Waals surface area contributed by atoms with E-state index in [9.17, 15) is 9.59 Å². The fourth-order valence-electron chi connectivity index (χ4n) is 0.561. The Morgan fingerprint density at radius 3 is 2.54 bits per heavy atom. The number of primary amides is 1. The minimum Gasteiger partial charge on any atom is -0.361 e. The lowest BCUT2D eigenvalue weighted by Crippen LogP contribution is -2.29. The van der Waals surface area contributed by atoms with Gasteiger partial charge in [0.15, 0.2) is 11.0 Å². The van der Waals surface area contributed by atoms with E-state index in [0.717, 1.165) is 0 Å². The lowest BCUT2D eigenvalue weighted by atomic mass is 10.5. The van der Waals surface area contributed by atoms with Gasteiger partial charge < -0.3 is 11.1 Å². The largest absolute Gasteiger partial charge is 0.361 e. The molecule has 13 heavy (non-hydrogen) atoms. The van der Waals surface area contributed by atoms with Crippen molar-refractivity contribution in [2.24, 2.45) is 5.73 Å². The first-order valence-electron chi connectivity index (χ1n) is 3.19. The molecule has 0 fully saturated rings. The number of nitrogens with two attached hydrogens (primary N) is 1. The molecule has 7 heteroatoms. The van der Waals surface area contributed by atoms with Gasteiger partial charge in [0, 0.05) is 0 Å². The van der Waals surface area contributed by atoms with Crippen LogP contribution in [0.25, 0.3) is 0 Å². The van der Waals surface area contributed by atoms with Gasteiger partial charge in [-0.05, 0) is 12.1 Å². The van der Waals surface area contributed by atoms with Crippen molar-refractivity contribution >= 4 is 29.2 Å². The highest BCUT2D eigenvalue weighted by Gasteiger charge is 2.09. The topological polar surface area (TPSA) is 98.0 Å². The van der Waals surface area contributed by atoms with Crippen LogP contribution in [0.2, 0.25) is 5.15 Å². The van der Waals surface area contributed by atoms with E-state index in [-0.39, 0.29) is 11.0 Å². The third-order valence-electron chi connectivity index (χ3n) is 1.10. The molecule has 0 spiro atoms. The number of carbonyl (C=O) groups is 2. The number of halogens is 1. The van der Waals surface area contributed by atoms with Crippen LogP contribution in [0.5, 0.6) is 0 Å². The zero-order valence-electron chi connectivity index (χ0n) is 6.32. The van der Waals surface area contributed by atoms with Crippen LogP contribution in [-0.2, 0) is 9.59 Å². The van der Waals surface area contributed by atoms with Crippen LogP contribution >= 0.6 is 11.6 Å². The third kappa shape index (κ3) is 2.68. The van der Waals surface area contributed by atoms with E-state index < -0.39 is 11.8 Å². The summed E-state index contributed by atoms with van der Waals surface area (Å²) in [5, 5.41) is 9.23. The van der Waals surface area contributed by atoms with Crippen LogP contribution in [0, 0.1) is 0 Å². The van der Waals surface area contributed by atoms with E-state index in [1.807, 2.05) is 0 Å².